The lowest BCUT2D eigenvalue weighted by Crippen LogP contribution is -2.28. The van der Waals surface area contributed by atoms with Crippen LogP contribution in [0.3, 0.4) is 0 Å². The first kappa shape index (κ1) is 35.4. The van der Waals surface area contributed by atoms with Crippen molar-refractivity contribution < 1.29 is 8.83 Å². The third-order valence-electron chi connectivity index (χ3n) is 12.8. The smallest absolute Gasteiger partial charge is 0.164 e. The fourth-order valence-corrected chi connectivity index (χ4v) is 9.93. The Morgan fingerprint density at radius 1 is 0.286 bits per heavy atom. The van der Waals surface area contributed by atoms with Crippen molar-refractivity contribution in [2.75, 3.05) is 0 Å². The first-order chi connectivity index (χ1) is 31.2. The largest absolute Gasteiger partial charge is 0.456 e. The third kappa shape index (κ3) is 5.46. The summed E-state index contributed by atoms with van der Waals surface area (Å²) in [6.45, 7) is 0. The molecule has 63 heavy (non-hydrogen) atoms. The molecule has 0 radical (unpaired) electrons. The number of benzene rings is 9. The molecule has 0 saturated carbocycles. The van der Waals surface area contributed by atoms with Crippen LogP contribution in [0, 0.1) is 0 Å². The van der Waals surface area contributed by atoms with Crippen LogP contribution >= 0.6 is 0 Å². The average molecular weight is 806 g/mol. The lowest BCUT2D eigenvalue weighted by molar-refractivity contribution is 0.668. The van der Waals surface area contributed by atoms with Crippen molar-refractivity contribution in [1.82, 2.24) is 15.0 Å². The van der Waals surface area contributed by atoms with Crippen molar-refractivity contribution in [2.45, 2.75) is 5.41 Å². The lowest BCUT2D eigenvalue weighted by Gasteiger charge is -2.34. The van der Waals surface area contributed by atoms with E-state index in [1.54, 1.807) is 0 Å². The van der Waals surface area contributed by atoms with E-state index in [4.69, 9.17) is 23.8 Å². The van der Waals surface area contributed by atoms with E-state index in [9.17, 15) is 0 Å². The Bertz CT molecular complexity index is 3630. The summed E-state index contributed by atoms with van der Waals surface area (Å²) in [6.07, 6.45) is 0. The van der Waals surface area contributed by atoms with E-state index in [1.807, 2.05) is 78.9 Å². The molecular weight excluding hydrogens is 771 g/mol. The Morgan fingerprint density at radius 3 is 1.40 bits per heavy atom. The topological polar surface area (TPSA) is 65.0 Å². The van der Waals surface area contributed by atoms with Gasteiger partial charge in [-0.2, -0.15) is 0 Å². The average Bonchev–Trinajstić information content (AvgIpc) is 4.02. The maximum atomic E-state index is 6.64. The minimum Gasteiger partial charge on any atom is -0.456 e. The quantitative estimate of drug-likeness (QED) is 0.167. The van der Waals surface area contributed by atoms with Crippen LogP contribution in [0.25, 0.3) is 100 Å². The van der Waals surface area contributed by atoms with E-state index in [-0.39, 0.29) is 0 Å². The van der Waals surface area contributed by atoms with Gasteiger partial charge in [-0.1, -0.05) is 170 Å². The van der Waals surface area contributed by atoms with Crippen LogP contribution in [0.5, 0.6) is 0 Å². The molecule has 0 spiro atoms. The number of furan rings is 2. The van der Waals surface area contributed by atoms with Crippen molar-refractivity contribution in [3.05, 3.63) is 235 Å². The van der Waals surface area contributed by atoms with Crippen molar-refractivity contribution in [3.63, 3.8) is 0 Å². The van der Waals surface area contributed by atoms with Gasteiger partial charge in [0, 0.05) is 38.2 Å². The van der Waals surface area contributed by atoms with Crippen LogP contribution in [0.1, 0.15) is 22.3 Å². The minimum absolute atomic E-state index is 0.541. The molecule has 1 aliphatic carbocycles. The highest BCUT2D eigenvalue weighted by atomic mass is 16.3. The van der Waals surface area contributed by atoms with E-state index in [0.717, 1.165) is 71.7 Å². The molecule has 0 atom stereocenters. The van der Waals surface area contributed by atoms with E-state index in [0.29, 0.717) is 17.5 Å². The summed E-state index contributed by atoms with van der Waals surface area (Å²) < 4.78 is 13.0. The molecule has 12 aromatic rings. The molecule has 0 N–H and O–H groups in total. The summed E-state index contributed by atoms with van der Waals surface area (Å²) in [4.78, 5) is 14.8. The Morgan fingerprint density at radius 2 is 0.746 bits per heavy atom. The molecule has 13 rings (SSSR count). The second kappa shape index (κ2) is 13.8. The second-order valence-electron chi connectivity index (χ2n) is 16.3. The van der Waals surface area contributed by atoms with E-state index in [1.165, 1.54) is 33.4 Å². The van der Waals surface area contributed by atoms with Crippen LogP contribution in [0.4, 0.5) is 0 Å². The molecule has 5 heteroatoms. The number of nitrogens with zero attached hydrogens (tertiary/aromatic N) is 3. The summed E-state index contributed by atoms with van der Waals surface area (Å²) >= 11 is 0. The fourth-order valence-electron chi connectivity index (χ4n) is 9.93. The molecule has 0 amide bonds. The maximum Gasteiger partial charge on any atom is 0.164 e. The van der Waals surface area contributed by atoms with Gasteiger partial charge in [0.1, 0.15) is 22.3 Å². The van der Waals surface area contributed by atoms with Gasteiger partial charge in [0.2, 0.25) is 0 Å². The number of hydrogen-bond donors (Lipinski definition) is 0. The highest BCUT2D eigenvalue weighted by Crippen LogP contribution is 2.56. The molecular formula is C58H35N3O2. The van der Waals surface area contributed by atoms with Crippen molar-refractivity contribution >= 4 is 43.9 Å². The molecule has 3 aromatic heterocycles. The van der Waals surface area contributed by atoms with E-state index < -0.39 is 5.41 Å². The predicted octanol–water partition coefficient (Wildman–Crippen LogP) is 14.7. The Balaban J connectivity index is 0.908. The van der Waals surface area contributed by atoms with Crippen molar-refractivity contribution in [2.24, 2.45) is 0 Å². The first-order valence-corrected chi connectivity index (χ1v) is 21.2. The van der Waals surface area contributed by atoms with Gasteiger partial charge in [0.05, 0.1) is 5.41 Å². The summed E-state index contributed by atoms with van der Waals surface area (Å²) in [5.74, 6) is 1.84. The number of aromatic nitrogens is 3. The molecule has 0 unspecified atom stereocenters. The van der Waals surface area contributed by atoms with E-state index >= 15 is 0 Å². The summed E-state index contributed by atoms with van der Waals surface area (Å²) in [7, 11) is 0. The summed E-state index contributed by atoms with van der Waals surface area (Å²) in [6, 6.07) is 74.7. The van der Waals surface area contributed by atoms with Gasteiger partial charge in [0.15, 0.2) is 17.5 Å². The van der Waals surface area contributed by atoms with Crippen LogP contribution in [-0.4, -0.2) is 15.0 Å². The standard InChI is InChI=1S/C58H35N3O2/c1-3-13-37(14-4-1)55-59-56(38-15-5-2-6-16-38)61-57(60-55)40-26-31-47-46-30-25-39(33-53(46)63-54(47)34-40)36-23-27-41(28-24-36)58(49-20-10-7-17-43(49)44-18-8-11-21-50(44)58)42-29-32-52-48(35-42)45-19-9-12-22-51(45)62-52/h1-35H. The minimum atomic E-state index is -0.541. The Hall–Kier alpha value is -8.41. The van der Waals surface area contributed by atoms with Gasteiger partial charge in [0.25, 0.3) is 0 Å². The van der Waals surface area contributed by atoms with E-state index in [2.05, 4.69) is 133 Å². The predicted molar refractivity (Wildman–Crippen MR) is 253 cm³/mol. The summed E-state index contributed by atoms with van der Waals surface area (Å²) in [5, 5.41) is 4.34. The molecule has 0 aliphatic heterocycles. The zero-order valence-corrected chi connectivity index (χ0v) is 33.9. The van der Waals surface area contributed by atoms with Gasteiger partial charge >= 0.3 is 0 Å². The molecule has 0 saturated heterocycles. The molecule has 5 nitrogen and oxygen atoms in total. The van der Waals surface area contributed by atoms with Crippen LogP contribution in [0.15, 0.2) is 221 Å². The van der Waals surface area contributed by atoms with Crippen molar-refractivity contribution in [1.29, 1.82) is 0 Å². The molecule has 3 heterocycles. The zero-order chi connectivity index (χ0) is 41.5. The Kier molecular flexibility index (Phi) is 7.75. The molecule has 294 valence electrons. The fraction of sp³-hybridized carbons (Fsp3) is 0.0172. The first-order valence-electron chi connectivity index (χ1n) is 21.2. The van der Waals surface area contributed by atoms with Crippen LogP contribution in [-0.2, 0) is 5.41 Å². The zero-order valence-electron chi connectivity index (χ0n) is 33.9. The third-order valence-corrected chi connectivity index (χ3v) is 12.8. The maximum absolute atomic E-state index is 6.64. The number of rotatable bonds is 6. The monoisotopic (exact) mass is 805 g/mol. The van der Waals surface area contributed by atoms with Gasteiger partial charge in [-0.15, -0.1) is 0 Å². The lowest BCUT2D eigenvalue weighted by atomic mass is 9.67. The Labute approximate surface area is 362 Å². The number of fused-ring (bicyclic) bond motifs is 9. The van der Waals surface area contributed by atoms with Gasteiger partial charge < -0.3 is 8.83 Å². The van der Waals surface area contributed by atoms with Crippen molar-refractivity contribution in [3.8, 4) is 56.4 Å². The molecule has 0 bridgehead atoms. The molecule has 0 fully saturated rings. The highest BCUT2D eigenvalue weighted by molar-refractivity contribution is 6.07. The molecule has 1 aliphatic rings. The van der Waals surface area contributed by atoms with Gasteiger partial charge in [-0.05, 0) is 87.0 Å². The summed E-state index contributed by atoms with van der Waals surface area (Å²) in [5.41, 5.74) is 15.3. The van der Waals surface area contributed by atoms with Crippen LogP contribution < -0.4 is 0 Å². The van der Waals surface area contributed by atoms with Gasteiger partial charge in [-0.3, -0.25) is 0 Å². The number of para-hydroxylation sites is 1. The second-order valence-corrected chi connectivity index (χ2v) is 16.3. The highest BCUT2D eigenvalue weighted by Gasteiger charge is 2.46. The number of hydrogen-bond acceptors (Lipinski definition) is 5. The van der Waals surface area contributed by atoms with Crippen LogP contribution in [0.2, 0.25) is 0 Å². The normalized spacial score (nSPS) is 12.9. The van der Waals surface area contributed by atoms with Gasteiger partial charge in [-0.25, -0.2) is 15.0 Å². The SMILES string of the molecule is c1ccc(-c2nc(-c3ccccc3)nc(-c3ccc4c(c3)oc3cc(-c5ccc(C6(c7ccc8oc9ccccc9c8c7)c7ccccc7-c7ccccc76)cc5)ccc34)n2)cc1. The molecule has 9 aromatic carbocycles.